The van der Waals surface area contributed by atoms with Crippen molar-refractivity contribution in [1.82, 2.24) is 0 Å². The molecule has 1 aromatic carbocycles. The van der Waals surface area contributed by atoms with E-state index >= 15 is 0 Å². The van der Waals surface area contributed by atoms with Crippen molar-refractivity contribution in [2.75, 3.05) is 11.9 Å². The number of aryl methyl sites for hydroxylation is 1. The van der Waals surface area contributed by atoms with Crippen LogP contribution in [0, 0.1) is 6.92 Å². The first-order valence-electron chi connectivity index (χ1n) is 9.09. The summed E-state index contributed by atoms with van der Waals surface area (Å²) in [7, 11) is 0. The Labute approximate surface area is 146 Å². The van der Waals surface area contributed by atoms with E-state index in [1.54, 1.807) is 0 Å². The second kappa shape index (κ2) is 9.67. The minimum absolute atomic E-state index is 0.0900. The Morgan fingerprint density at radius 1 is 1.25 bits per heavy atom. The van der Waals surface area contributed by atoms with Gasteiger partial charge in [0.25, 0.3) is 5.91 Å². The molecule has 1 amide bonds. The van der Waals surface area contributed by atoms with E-state index in [2.05, 4.69) is 26.1 Å². The third kappa shape index (κ3) is 5.82. The molecule has 0 heterocycles. The van der Waals surface area contributed by atoms with Gasteiger partial charge in [-0.05, 0) is 63.8 Å². The van der Waals surface area contributed by atoms with Gasteiger partial charge in [-0.15, -0.1) is 0 Å². The average Bonchev–Trinajstić information content (AvgIpc) is 2.55. The molecule has 0 saturated heterocycles. The first-order chi connectivity index (χ1) is 11.4. The lowest BCUT2D eigenvalue weighted by Crippen LogP contribution is -2.43. The molecular formula is C20H33NO3. The Morgan fingerprint density at radius 2 is 1.96 bits per heavy atom. The molecule has 4 nitrogen and oxygen atoms in total. The maximum atomic E-state index is 12.7. The van der Waals surface area contributed by atoms with Crippen molar-refractivity contribution in [3.8, 4) is 5.75 Å². The summed E-state index contributed by atoms with van der Waals surface area (Å²) in [4.78, 5) is 12.7. The van der Waals surface area contributed by atoms with Gasteiger partial charge in [-0.2, -0.15) is 0 Å². The fourth-order valence-electron chi connectivity index (χ4n) is 2.48. The molecule has 0 aliphatic carbocycles. The fourth-order valence-corrected chi connectivity index (χ4v) is 2.48. The van der Waals surface area contributed by atoms with Gasteiger partial charge in [0.1, 0.15) is 11.4 Å². The largest absolute Gasteiger partial charge is 0.490 e. The van der Waals surface area contributed by atoms with Crippen LogP contribution < -0.4 is 10.1 Å². The number of carbonyl (C=O) groups is 1. The molecule has 0 radical (unpaired) electrons. The van der Waals surface area contributed by atoms with Crippen LogP contribution in [0.15, 0.2) is 18.2 Å². The molecule has 4 heteroatoms. The highest BCUT2D eigenvalue weighted by atomic mass is 16.5. The SMILES string of the molecule is CCCO[C@](C)(CCC)C(=O)Nc1ccc(O[C@H](C)CC)c(C)c1. The zero-order valence-corrected chi connectivity index (χ0v) is 16.1. The third-order valence-corrected chi connectivity index (χ3v) is 4.17. The molecule has 0 saturated carbocycles. The number of anilines is 1. The van der Waals surface area contributed by atoms with Gasteiger partial charge in [0, 0.05) is 12.3 Å². The van der Waals surface area contributed by atoms with Crippen LogP contribution in [-0.4, -0.2) is 24.2 Å². The van der Waals surface area contributed by atoms with E-state index in [1.807, 2.05) is 39.0 Å². The molecule has 0 spiro atoms. The van der Waals surface area contributed by atoms with Crippen LogP contribution in [0.2, 0.25) is 0 Å². The number of hydrogen-bond donors (Lipinski definition) is 1. The summed E-state index contributed by atoms with van der Waals surface area (Å²) in [5.74, 6) is 0.772. The number of rotatable bonds is 10. The first kappa shape index (κ1) is 20.5. The van der Waals surface area contributed by atoms with Crippen LogP contribution >= 0.6 is 0 Å². The summed E-state index contributed by atoms with van der Waals surface area (Å²) in [6.07, 6.45) is 3.64. The highest BCUT2D eigenvalue weighted by Gasteiger charge is 2.33. The zero-order chi connectivity index (χ0) is 18.2. The number of benzene rings is 1. The van der Waals surface area contributed by atoms with Crippen LogP contribution in [-0.2, 0) is 9.53 Å². The highest BCUT2D eigenvalue weighted by Crippen LogP contribution is 2.26. The Bertz CT molecular complexity index is 530. The van der Waals surface area contributed by atoms with Crippen LogP contribution in [0.1, 0.15) is 65.9 Å². The van der Waals surface area contributed by atoms with Crippen molar-refractivity contribution in [2.45, 2.75) is 78.9 Å². The van der Waals surface area contributed by atoms with E-state index in [1.165, 1.54) is 0 Å². The smallest absolute Gasteiger partial charge is 0.256 e. The summed E-state index contributed by atoms with van der Waals surface area (Å²) >= 11 is 0. The van der Waals surface area contributed by atoms with E-state index < -0.39 is 5.60 Å². The first-order valence-corrected chi connectivity index (χ1v) is 9.09. The molecule has 0 aliphatic heterocycles. The number of carbonyl (C=O) groups excluding carboxylic acids is 1. The maximum Gasteiger partial charge on any atom is 0.256 e. The topological polar surface area (TPSA) is 47.6 Å². The molecule has 24 heavy (non-hydrogen) atoms. The summed E-state index contributed by atoms with van der Waals surface area (Å²) in [6, 6.07) is 5.75. The van der Waals surface area contributed by atoms with E-state index in [-0.39, 0.29) is 12.0 Å². The van der Waals surface area contributed by atoms with Crippen molar-refractivity contribution in [2.24, 2.45) is 0 Å². The van der Waals surface area contributed by atoms with Gasteiger partial charge >= 0.3 is 0 Å². The Kier molecular flexibility index (Phi) is 8.26. The van der Waals surface area contributed by atoms with Gasteiger partial charge in [-0.3, -0.25) is 4.79 Å². The van der Waals surface area contributed by atoms with Crippen molar-refractivity contribution in [3.05, 3.63) is 23.8 Å². The Morgan fingerprint density at radius 3 is 2.50 bits per heavy atom. The van der Waals surface area contributed by atoms with Crippen LogP contribution in [0.5, 0.6) is 5.75 Å². The Balaban J connectivity index is 2.83. The van der Waals surface area contributed by atoms with Crippen LogP contribution in [0.25, 0.3) is 0 Å². The van der Waals surface area contributed by atoms with Crippen molar-refractivity contribution in [3.63, 3.8) is 0 Å². The molecule has 0 aliphatic rings. The lowest BCUT2D eigenvalue weighted by Gasteiger charge is -2.28. The predicted molar refractivity (Wildman–Crippen MR) is 99.7 cm³/mol. The summed E-state index contributed by atoms with van der Waals surface area (Å²) in [6.45, 7) is 12.7. The number of hydrogen-bond acceptors (Lipinski definition) is 3. The fraction of sp³-hybridized carbons (Fsp3) is 0.650. The predicted octanol–water partition coefficient (Wildman–Crippen LogP) is 5.10. The molecule has 1 aromatic rings. The molecule has 0 aromatic heterocycles. The van der Waals surface area contributed by atoms with Crippen LogP contribution in [0.4, 0.5) is 5.69 Å². The van der Waals surface area contributed by atoms with Crippen molar-refractivity contribution < 1.29 is 14.3 Å². The summed E-state index contributed by atoms with van der Waals surface area (Å²) in [5.41, 5.74) is 1.00. The zero-order valence-electron chi connectivity index (χ0n) is 16.1. The van der Waals surface area contributed by atoms with Gasteiger partial charge < -0.3 is 14.8 Å². The number of amides is 1. The van der Waals surface area contributed by atoms with Crippen LogP contribution in [0.3, 0.4) is 0 Å². The maximum absolute atomic E-state index is 12.7. The molecule has 1 N–H and O–H groups in total. The molecule has 2 atom stereocenters. The summed E-state index contributed by atoms with van der Waals surface area (Å²) in [5, 5.41) is 2.99. The monoisotopic (exact) mass is 335 g/mol. The van der Waals surface area contributed by atoms with E-state index in [9.17, 15) is 4.79 Å². The second-order valence-corrected chi connectivity index (χ2v) is 6.60. The number of ether oxygens (including phenoxy) is 2. The molecule has 0 unspecified atom stereocenters. The summed E-state index contributed by atoms with van der Waals surface area (Å²) < 4.78 is 11.7. The standard InChI is InChI=1S/C20H33NO3/c1-7-12-20(6,23-13-8-2)19(22)21-17-10-11-18(15(4)14-17)24-16(5)9-3/h10-11,14,16H,7-9,12-13H2,1-6H3,(H,21,22)/t16-,20-/m1/s1. The van der Waals surface area contributed by atoms with Gasteiger partial charge in [0.05, 0.1) is 6.10 Å². The molecule has 0 fully saturated rings. The van der Waals surface area contributed by atoms with Crippen molar-refractivity contribution >= 4 is 11.6 Å². The van der Waals surface area contributed by atoms with Gasteiger partial charge in [-0.25, -0.2) is 0 Å². The second-order valence-electron chi connectivity index (χ2n) is 6.60. The van der Waals surface area contributed by atoms with E-state index in [0.29, 0.717) is 13.0 Å². The minimum Gasteiger partial charge on any atom is -0.490 e. The molecule has 1 rings (SSSR count). The quantitative estimate of drug-likeness (QED) is 0.647. The van der Waals surface area contributed by atoms with E-state index in [0.717, 1.165) is 36.3 Å². The van der Waals surface area contributed by atoms with Gasteiger partial charge in [-0.1, -0.05) is 27.2 Å². The molecule has 136 valence electrons. The van der Waals surface area contributed by atoms with Gasteiger partial charge in [0.15, 0.2) is 0 Å². The third-order valence-electron chi connectivity index (χ3n) is 4.17. The van der Waals surface area contributed by atoms with E-state index in [4.69, 9.17) is 9.47 Å². The molecule has 0 bridgehead atoms. The molecular weight excluding hydrogens is 302 g/mol. The highest BCUT2D eigenvalue weighted by molar-refractivity contribution is 5.97. The van der Waals surface area contributed by atoms with Crippen molar-refractivity contribution in [1.29, 1.82) is 0 Å². The minimum atomic E-state index is -0.787. The Hall–Kier alpha value is -1.55. The number of nitrogens with one attached hydrogen (secondary N) is 1. The normalized spacial score (nSPS) is 14.8. The average molecular weight is 335 g/mol. The van der Waals surface area contributed by atoms with Gasteiger partial charge in [0.2, 0.25) is 0 Å². The lowest BCUT2D eigenvalue weighted by atomic mass is 9.98. The lowest BCUT2D eigenvalue weighted by molar-refractivity contribution is -0.140.